The summed E-state index contributed by atoms with van der Waals surface area (Å²) in [6.07, 6.45) is 9.47. The monoisotopic (exact) mass is 449 g/mol. The van der Waals surface area contributed by atoms with E-state index in [1.165, 1.54) is 6.42 Å². The quantitative estimate of drug-likeness (QED) is 0.438. The van der Waals surface area contributed by atoms with Gasteiger partial charge in [0.2, 0.25) is 17.7 Å². The van der Waals surface area contributed by atoms with E-state index in [0.717, 1.165) is 44.9 Å². The van der Waals surface area contributed by atoms with Gasteiger partial charge in [-0.3, -0.25) is 14.4 Å². The summed E-state index contributed by atoms with van der Waals surface area (Å²) >= 11 is 0. The standard InChI is InChI=1S/C24H39N3O5/c1-2-13-25-21(29)18-17-11-12-24(32-17)19(18)23(31)27(14-7-4-8-15-28)20(24)22(30)26-16-9-5-3-6-10-16/h16-20,28H,2-15H2,1H3,(H,25,29)(H,26,30)/t17-,18+,19-,20?,24?/m0/s1. The van der Waals surface area contributed by atoms with Crippen LogP contribution >= 0.6 is 0 Å². The van der Waals surface area contributed by atoms with Crippen LogP contribution < -0.4 is 10.6 Å². The molecule has 3 saturated heterocycles. The van der Waals surface area contributed by atoms with E-state index in [0.29, 0.717) is 32.4 Å². The highest BCUT2D eigenvalue weighted by Crippen LogP contribution is 2.58. The highest BCUT2D eigenvalue weighted by Gasteiger charge is 2.74. The molecule has 0 aromatic rings. The summed E-state index contributed by atoms with van der Waals surface area (Å²) in [5.74, 6) is -1.46. The van der Waals surface area contributed by atoms with Gasteiger partial charge in [-0.15, -0.1) is 0 Å². The van der Waals surface area contributed by atoms with Crippen molar-refractivity contribution in [3.63, 3.8) is 0 Å². The lowest BCUT2D eigenvalue weighted by molar-refractivity contribution is -0.142. The molecular weight excluding hydrogens is 410 g/mol. The molecule has 3 heterocycles. The molecule has 0 aromatic carbocycles. The number of rotatable bonds is 10. The minimum absolute atomic E-state index is 0.114. The molecule has 1 spiro atoms. The van der Waals surface area contributed by atoms with Crippen LogP contribution in [0.3, 0.4) is 0 Å². The van der Waals surface area contributed by atoms with E-state index >= 15 is 0 Å². The van der Waals surface area contributed by atoms with Gasteiger partial charge in [0.05, 0.1) is 17.9 Å². The number of nitrogens with zero attached hydrogens (tertiary/aromatic N) is 1. The van der Waals surface area contributed by atoms with E-state index in [2.05, 4.69) is 10.6 Å². The van der Waals surface area contributed by atoms with Crippen molar-refractivity contribution >= 4 is 17.7 Å². The van der Waals surface area contributed by atoms with Crippen molar-refractivity contribution in [1.82, 2.24) is 15.5 Å². The summed E-state index contributed by atoms with van der Waals surface area (Å²) in [5, 5.41) is 15.3. The lowest BCUT2D eigenvalue weighted by atomic mass is 9.70. The second-order valence-corrected chi connectivity index (χ2v) is 10.0. The molecule has 3 N–H and O–H groups in total. The topological polar surface area (TPSA) is 108 Å². The molecule has 2 unspecified atom stereocenters. The molecule has 0 radical (unpaired) electrons. The van der Waals surface area contributed by atoms with Gasteiger partial charge in [0, 0.05) is 25.7 Å². The van der Waals surface area contributed by atoms with Crippen LogP contribution in [0, 0.1) is 11.8 Å². The molecule has 2 bridgehead atoms. The van der Waals surface area contributed by atoms with Crippen LogP contribution in [0.15, 0.2) is 0 Å². The Morgan fingerprint density at radius 3 is 2.62 bits per heavy atom. The molecule has 32 heavy (non-hydrogen) atoms. The van der Waals surface area contributed by atoms with Crippen molar-refractivity contribution in [3.05, 3.63) is 0 Å². The Balaban J connectivity index is 1.57. The summed E-state index contributed by atoms with van der Waals surface area (Å²) in [4.78, 5) is 42.0. The second kappa shape index (κ2) is 10.1. The first-order chi connectivity index (χ1) is 15.5. The molecule has 4 fully saturated rings. The number of amides is 3. The minimum atomic E-state index is -0.897. The average molecular weight is 450 g/mol. The zero-order chi connectivity index (χ0) is 22.7. The van der Waals surface area contributed by atoms with Crippen LogP contribution in [-0.4, -0.2) is 71.2 Å². The van der Waals surface area contributed by atoms with E-state index in [1.807, 2.05) is 6.92 Å². The van der Waals surface area contributed by atoms with Gasteiger partial charge in [0.15, 0.2) is 0 Å². The number of likely N-dealkylation sites (tertiary alicyclic amines) is 1. The van der Waals surface area contributed by atoms with E-state index in [1.54, 1.807) is 4.90 Å². The van der Waals surface area contributed by atoms with Crippen molar-refractivity contribution in [2.75, 3.05) is 19.7 Å². The number of hydrogen-bond donors (Lipinski definition) is 3. The first-order valence-corrected chi connectivity index (χ1v) is 12.7. The van der Waals surface area contributed by atoms with Gasteiger partial charge < -0.3 is 25.4 Å². The Morgan fingerprint density at radius 2 is 1.91 bits per heavy atom. The number of hydrogen-bond acceptors (Lipinski definition) is 5. The van der Waals surface area contributed by atoms with Gasteiger partial charge in [-0.1, -0.05) is 26.2 Å². The van der Waals surface area contributed by atoms with Crippen molar-refractivity contribution < 1.29 is 24.2 Å². The lowest BCUT2D eigenvalue weighted by Gasteiger charge is -2.35. The SMILES string of the molecule is CCCNC(=O)[C@@H]1[C@@H]2CCC3(O2)C(C(=O)NC2CCCCC2)N(CCCCCO)C(=O)[C@H]13. The summed E-state index contributed by atoms with van der Waals surface area (Å²) < 4.78 is 6.42. The third kappa shape index (κ3) is 4.16. The minimum Gasteiger partial charge on any atom is -0.396 e. The Hall–Kier alpha value is -1.67. The number of aliphatic hydroxyl groups is 1. The number of ether oxygens (including phenoxy) is 1. The summed E-state index contributed by atoms with van der Waals surface area (Å²) in [6, 6.07) is -0.523. The molecule has 8 nitrogen and oxygen atoms in total. The number of nitrogens with one attached hydrogen (secondary N) is 2. The third-order valence-electron chi connectivity index (χ3n) is 7.91. The third-order valence-corrected chi connectivity index (χ3v) is 7.91. The van der Waals surface area contributed by atoms with Crippen LogP contribution in [0.5, 0.6) is 0 Å². The predicted octanol–water partition coefficient (Wildman–Crippen LogP) is 1.50. The van der Waals surface area contributed by atoms with Gasteiger partial charge in [-0.25, -0.2) is 0 Å². The van der Waals surface area contributed by atoms with Gasteiger partial charge in [0.25, 0.3) is 0 Å². The van der Waals surface area contributed by atoms with Crippen LogP contribution in [-0.2, 0) is 19.1 Å². The normalized spacial score (nSPS) is 34.1. The Bertz CT molecular complexity index is 710. The fraction of sp³-hybridized carbons (Fsp3) is 0.875. The molecule has 1 aliphatic carbocycles. The lowest BCUT2D eigenvalue weighted by Crippen LogP contribution is -2.57. The number of aliphatic hydroxyl groups excluding tert-OH is 1. The first kappa shape index (κ1) is 23.5. The molecule has 8 heteroatoms. The molecule has 3 amide bonds. The Morgan fingerprint density at radius 1 is 1.12 bits per heavy atom. The number of unbranched alkanes of at least 4 members (excludes halogenated alkanes) is 2. The summed E-state index contributed by atoms with van der Waals surface area (Å²) in [5.41, 5.74) is -0.897. The largest absolute Gasteiger partial charge is 0.396 e. The Kier molecular flexibility index (Phi) is 7.40. The van der Waals surface area contributed by atoms with Crippen molar-refractivity contribution in [2.45, 2.75) is 101 Å². The van der Waals surface area contributed by atoms with E-state index in [4.69, 9.17) is 9.84 Å². The van der Waals surface area contributed by atoms with Gasteiger partial charge in [0.1, 0.15) is 11.6 Å². The molecule has 180 valence electrons. The first-order valence-electron chi connectivity index (χ1n) is 12.7. The highest BCUT2D eigenvalue weighted by molar-refractivity contribution is 5.99. The number of fused-ring (bicyclic) bond motifs is 1. The molecule has 4 rings (SSSR count). The van der Waals surface area contributed by atoms with Gasteiger partial charge in [-0.05, 0) is 51.4 Å². The van der Waals surface area contributed by atoms with Crippen molar-refractivity contribution in [1.29, 1.82) is 0 Å². The van der Waals surface area contributed by atoms with E-state index in [9.17, 15) is 14.4 Å². The predicted molar refractivity (Wildman–Crippen MR) is 119 cm³/mol. The fourth-order valence-corrected chi connectivity index (χ4v) is 6.46. The molecule has 5 atom stereocenters. The van der Waals surface area contributed by atoms with Crippen molar-refractivity contribution in [3.8, 4) is 0 Å². The molecular formula is C24H39N3O5. The van der Waals surface area contributed by atoms with Gasteiger partial charge >= 0.3 is 0 Å². The summed E-state index contributed by atoms with van der Waals surface area (Å²) in [6.45, 7) is 3.15. The van der Waals surface area contributed by atoms with E-state index in [-0.39, 0.29) is 36.5 Å². The van der Waals surface area contributed by atoms with Crippen molar-refractivity contribution in [2.24, 2.45) is 11.8 Å². The number of carbonyl (C=O) groups excluding carboxylic acids is 3. The zero-order valence-corrected chi connectivity index (χ0v) is 19.3. The molecule has 3 aliphatic heterocycles. The molecule has 4 aliphatic rings. The second-order valence-electron chi connectivity index (χ2n) is 10.0. The average Bonchev–Trinajstić information content (AvgIpc) is 3.43. The highest BCUT2D eigenvalue weighted by atomic mass is 16.5. The van der Waals surface area contributed by atoms with Crippen LogP contribution in [0.1, 0.15) is 77.6 Å². The van der Waals surface area contributed by atoms with E-state index < -0.39 is 23.5 Å². The van der Waals surface area contributed by atoms with Gasteiger partial charge in [-0.2, -0.15) is 0 Å². The van der Waals surface area contributed by atoms with Crippen LogP contribution in [0.25, 0.3) is 0 Å². The molecule has 0 aromatic heterocycles. The summed E-state index contributed by atoms with van der Waals surface area (Å²) in [7, 11) is 0. The maximum Gasteiger partial charge on any atom is 0.246 e. The zero-order valence-electron chi connectivity index (χ0n) is 19.3. The maximum atomic E-state index is 13.7. The maximum absolute atomic E-state index is 13.7. The Labute approximate surface area is 190 Å². The van der Waals surface area contributed by atoms with Crippen LogP contribution in [0.2, 0.25) is 0 Å². The number of carbonyl (C=O) groups is 3. The van der Waals surface area contributed by atoms with Crippen LogP contribution in [0.4, 0.5) is 0 Å². The smallest absolute Gasteiger partial charge is 0.246 e. The fourth-order valence-electron chi connectivity index (χ4n) is 6.46. The molecule has 1 saturated carbocycles.